The predicted octanol–water partition coefficient (Wildman–Crippen LogP) is 3.72. The Bertz CT molecular complexity index is 855. The lowest BCUT2D eigenvalue weighted by Crippen LogP contribution is -2.50. The molecule has 8 heteroatoms. The molecule has 2 N–H and O–H groups in total. The Morgan fingerprint density at radius 3 is 2.50 bits per heavy atom. The van der Waals surface area contributed by atoms with Crippen molar-refractivity contribution in [1.82, 2.24) is 10.6 Å². The second kappa shape index (κ2) is 9.26. The molecule has 1 aliphatic rings. The Hall–Kier alpha value is -2.31. The molecule has 2 aromatic rings. The van der Waals surface area contributed by atoms with Gasteiger partial charge in [0, 0.05) is 29.6 Å². The molecule has 28 heavy (non-hydrogen) atoms. The number of halogens is 3. The molecule has 0 spiro atoms. The van der Waals surface area contributed by atoms with Crippen molar-refractivity contribution in [3.63, 3.8) is 0 Å². The highest BCUT2D eigenvalue weighted by molar-refractivity contribution is 6.30. The molecule has 2 amide bonds. The first-order valence-electron chi connectivity index (χ1n) is 8.80. The molecule has 5 nitrogen and oxygen atoms in total. The number of ether oxygens (including phenoxy) is 1. The van der Waals surface area contributed by atoms with Crippen molar-refractivity contribution in [2.24, 2.45) is 5.92 Å². The summed E-state index contributed by atoms with van der Waals surface area (Å²) in [6.07, 6.45) is 1.15. The van der Waals surface area contributed by atoms with Gasteiger partial charge in [0.15, 0.2) is 6.61 Å². The third-order valence-electron chi connectivity index (χ3n) is 4.51. The number of hydrogen-bond acceptors (Lipinski definition) is 3. The van der Waals surface area contributed by atoms with Crippen LogP contribution in [0.3, 0.4) is 0 Å². The van der Waals surface area contributed by atoms with Gasteiger partial charge in [-0.1, -0.05) is 35.3 Å². The van der Waals surface area contributed by atoms with Gasteiger partial charge in [-0.3, -0.25) is 9.59 Å². The topological polar surface area (TPSA) is 67.4 Å². The number of hydrogen-bond donors (Lipinski definition) is 2. The number of amides is 2. The molecule has 0 bridgehead atoms. The molecule has 0 aromatic heterocycles. The molecule has 1 saturated carbocycles. The number of rotatable bonds is 7. The molecule has 0 unspecified atom stereocenters. The first kappa shape index (κ1) is 20.4. The van der Waals surface area contributed by atoms with Crippen LogP contribution in [0.1, 0.15) is 18.4 Å². The first-order chi connectivity index (χ1) is 13.4. The lowest BCUT2D eigenvalue weighted by atomic mass is 9.79. The molecule has 0 aliphatic heterocycles. The average molecular weight is 425 g/mol. The van der Waals surface area contributed by atoms with Crippen LogP contribution in [0.25, 0.3) is 0 Å². The number of carbonyl (C=O) groups is 2. The monoisotopic (exact) mass is 424 g/mol. The highest BCUT2D eigenvalue weighted by atomic mass is 35.5. The van der Waals surface area contributed by atoms with Crippen LogP contribution in [0, 0.1) is 11.7 Å². The fourth-order valence-corrected chi connectivity index (χ4v) is 3.11. The van der Waals surface area contributed by atoms with Crippen molar-refractivity contribution in [1.29, 1.82) is 0 Å². The zero-order valence-electron chi connectivity index (χ0n) is 14.9. The molecular weight excluding hydrogens is 406 g/mol. The van der Waals surface area contributed by atoms with Crippen molar-refractivity contribution in [3.05, 3.63) is 63.9 Å². The van der Waals surface area contributed by atoms with E-state index in [4.69, 9.17) is 27.9 Å². The summed E-state index contributed by atoms with van der Waals surface area (Å²) in [5.41, 5.74) is 0.970. The van der Waals surface area contributed by atoms with E-state index in [0.29, 0.717) is 24.4 Å². The summed E-state index contributed by atoms with van der Waals surface area (Å²) >= 11 is 11.4. The third kappa shape index (κ3) is 5.59. The minimum Gasteiger partial charge on any atom is -0.484 e. The maximum Gasteiger partial charge on any atom is 0.258 e. The molecule has 1 fully saturated rings. The van der Waals surface area contributed by atoms with Crippen LogP contribution in [0.4, 0.5) is 4.39 Å². The van der Waals surface area contributed by atoms with E-state index < -0.39 is 5.82 Å². The summed E-state index contributed by atoms with van der Waals surface area (Å²) in [7, 11) is 0. The predicted molar refractivity (Wildman–Crippen MR) is 105 cm³/mol. The lowest BCUT2D eigenvalue weighted by Gasteiger charge is -2.34. The fourth-order valence-electron chi connectivity index (χ4n) is 2.87. The minimum absolute atomic E-state index is 0.00773. The van der Waals surface area contributed by atoms with Crippen molar-refractivity contribution in [2.75, 3.05) is 6.61 Å². The smallest absolute Gasteiger partial charge is 0.258 e. The van der Waals surface area contributed by atoms with E-state index in [1.807, 2.05) is 12.1 Å². The largest absolute Gasteiger partial charge is 0.484 e. The van der Waals surface area contributed by atoms with Gasteiger partial charge in [-0.2, -0.15) is 0 Å². The van der Waals surface area contributed by atoms with Gasteiger partial charge in [0.1, 0.15) is 11.6 Å². The van der Waals surface area contributed by atoms with E-state index in [-0.39, 0.29) is 41.2 Å². The van der Waals surface area contributed by atoms with E-state index in [2.05, 4.69) is 10.6 Å². The number of nitrogens with one attached hydrogen (secondary N) is 2. The maximum absolute atomic E-state index is 13.3. The Labute approximate surface area is 172 Å². The van der Waals surface area contributed by atoms with Crippen molar-refractivity contribution in [2.45, 2.75) is 25.4 Å². The van der Waals surface area contributed by atoms with Gasteiger partial charge in [-0.25, -0.2) is 4.39 Å². The SMILES string of the molecule is O=C(COc1ccc(Cl)c(F)c1)N[C@H]1C[C@H](C(=O)NCc2ccc(Cl)cc2)C1. The van der Waals surface area contributed by atoms with Gasteiger partial charge >= 0.3 is 0 Å². The van der Waals surface area contributed by atoms with E-state index in [0.717, 1.165) is 11.6 Å². The van der Waals surface area contributed by atoms with Crippen LogP contribution in [-0.4, -0.2) is 24.5 Å². The summed E-state index contributed by atoms with van der Waals surface area (Å²) in [4.78, 5) is 24.1. The maximum atomic E-state index is 13.3. The normalized spacial score (nSPS) is 18.1. The zero-order chi connectivity index (χ0) is 20.1. The highest BCUT2D eigenvalue weighted by Crippen LogP contribution is 2.27. The second-order valence-electron chi connectivity index (χ2n) is 6.64. The van der Waals surface area contributed by atoms with Crippen LogP contribution >= 0.6 is 23.2 Å². The molecule has 3 rings (SSSR count). The van der Waals surface area contributed by atoms with Crippen molar-refractivity contribution < 1.29 is 18.7 Å². The quantitative estimate of drug-likeness (QED) is 0.711. The molecule has 0 heterocycles. The van der Waals surface area contributed by atoms with Crippen LogP contribution in [0.15, 0.2) is 42.5 Å². The second-order valence-corrected chi connectivity index (χ2v) is 7.49. The van der Waals surface area contributed by atoms with Gasteiger partial charge in [0.2, 0.25) is 5.91 Å². The zero-order valence-corrected chi connectivity index (χ0v) is 16.4. The molecule has 148 valence electrons. The molecule has 0 saturated heterocycles. The third-order valence-corrected chi connectivity index (χ3v) is 5.07. The Morgan fingerprint density at radius 2 is 1.82 bits per heavy atom. The van der Waals surface area contributed by atoms with Crippen LogP contribution in [0.2, 0.25) is 10.0 Å². The molecule has 1 aliphatic carbocycles. The first-order valence-corrected chi connectivity index (χ1v) is 9.55. The minimum atomic E-state index is -0.606. The molecule has 0 atom stereocenters. The van der Waals surface area contributed by atoms with E-state index in [9.17, 15) is 14.0 Å². The summed E-state index contributed by atoms with van der Waals surface area (Å²) in [5, 5.41) is 6.33. The average Bonchev–Trinajstić information content (AvgIpc) is 2.64. The van der Waals surface area contributed by atoms with Crippen LogP contribution in [-0.2, 0) is 16.1 Å². The van der Waals surface area contributed by atoms with Gasteiger partial charge < -0.3 is 15.4 Å². The molecule has 2 aromatic carbocycles. The van der Waals surface area contributed by atoms with E-state index in [1.165, 1.54) is 12.1 Å². The Morgan fingerprint density at radius 1 is 1.11 bits per heavy atom. The van der Waals surface area contributed by atoms with E-state index in [1.54, 1.807) is 12.1 Å². The van der Waals surface area contributed by atoms with Crippen molar-refractivity contribution >= 4 is 35.0 Å². The van der Waals surface area contributed by atoms with Crippen LogP contribution < -0.4 is 15.4 Å². The fraction of sp³-hybridized carbons (Fsp3) is 0.300. The van der Waals surface area contributed by atoms with Gasteiger partial charge in [-0.15, -0.1) is 0 Å². The summed E-state index contributed by atoms with van der Waals surface area (Å²) in [6, 6.07) is 11.2. The highest BCUT2D eigenvalue weighted by Gasteiger charge is 2.35. The Balaban J connectivity index is 1.34. The summed E-state index contributed by atoms with van der Waals surface area (Å²) in [5.74, 6) is -0.853. The molecular formula is C20H19Cl2FN2O3. The van der Waals surface area contributed by atoms with Gasteiger partial charge in [0.05, 0.1) is 5.02 Å². The van der Waals surface area contributed by atoms with Crippen molar-refractivity contribution in [3.8, 4) is 5.75 Å². The Kier molecular flexibility index (Phi) is 6.75. The number of carbonyl (C=O) groups excluding carboxylic acids is 2. The standard InChI is InChI=1S/C20H19Cl2FN2O3/c21-14-3-1-12(2-4-14)10-24-20(27)13-7-15(8-13)25-19(26)11-28-16-5-6-17(22)18(23)9-16/h1-6,9,13,15H,7-8,10-11H2,(H,24,27)(H,25,26)/t13-,15-. The number of benzene rings is 2. The van der Waals surface area contributed by atoms with E-state index >= 15 is 0 Å². The van der Waals surface area contributed by atoms with Crippen LogP contribution in [0.5, 0.6) is 5.75 Å². The van der Waals surface area contributed by atoms with Gasteiger partial charge in [0.25, 0.3) is 5.91 Å². The lowest BCUT2D eigenvalue weighted by molar-refractivity contribution is -0.131. The van der Waals surface area contributed by atoms with Gasteiger partial charge in [-0.05, 0) is 42.7 Å². The molecule has 0 radical (unpaired) electrons. The summed E-state index contributed by atoms with van der Waals surface area (Å²) in [6.45, 7) is 0.208. The summed E-state index contributed by atoms with van der Waals surface area (Å²) < 4.78 is 18.6.